The molecule has 0 saturated heterocycles. The summed E-state index contributed by atoms with van der Waals surface area (Å²) >= 11 is 0. The van der Waals surface area contributed by atoms with Gasteiger partial charge in [-0.3, -0.25) is 19.3 Å². The van der Waals surface area contributed by atoms with Gasteiger partial charge in [-0.1, -0.05) is 31.4 Å². The molecule has 1 aliphatic rings. The summed E-state index contributed by atoms with van der Waals surface area (Å²) in [5.41, 5.74) is 1.67. The minimum Gasteiger partial charge on any atom is -0.497 e. The van der Waals surface area contributed by atoms with E-state index < -0.39 is 11.9 Å². The van der Waals surface area contributed by atoms with Gasteiger partial charge in [-0.15, -0.1) is 0 Å². The van der Waals surface area contributed by atoms with Crippen LogP contribution >= 0.6 is 0 Å². The van der Waals surface area contributed by atoms with Crippen LogP contribution in [-0.2, 0) is 9.59 Å². The van der Waals surface area contributed by atoms with Gasteiger partial charge in [-0.05, 0) is 66.9 Å². The molecule has 1 atom stereocenters. The summed E-state index contributed by atoms with van der Waals surface area (Å²) in [4.78, 5) is 40.6. The highest BCUT2D eigenvalue weighted by Gasteiger charge is 2.35. The van der Waals surface area contributed by atoms with Crippen LogP contribution in [0.4, 0.5) is 11.4 Å². The molecule has 2 N–H and O–H groups in total. The van der Waals surface area contributed by atoms with Crippen LogP contribution in [0.1, 0.15) is 61.2 Å². The molecule has 0 unspecified atom stereocenters. The third-order valence-electron chi connectivity index (χ3n) is 6.28. The standard InChI is InChI=1S/C28H31N3O5/c1-19(32)29-22-13-15-23(16-14-22)31(28(34)25-12-7-17-36-25)26(20-8-6-11-24(18-20)35-2)27(33)30-21-9-4-3-5-10-21/h6-8,11-18,21,26H,3-5,9-10H2,1-2H3,(H,29,32)(H,30,33)/t26-/m1/s1. The Kier molecular flexibility index (Phi) is 8.05. The van der Waals surface area contributed by atoms with Gasteiger partial charge in [0.1, 0.15) is 11.8 Å². The highest BCUT2D eigenvalue weighted by Crippen LogP contribution is 2.33. The number of nitrogens with one attached hydrogen (secondary N) is 2. The minimum atomic E-state index is -0.980. The van der Waals surface area contributed by atoms with Crippen LogP contribution in [0.25, 0.3) is 0 Å². The number of ether oxygens (including phenoxy) is 1. The van der Waals surface area contributed by atoms with E-state index in [4.69, 9.17) is 9.15 Å². The smallest absolute Gasteiger partial charge is 0.294 e. The zero-order valence-corrected chi connectivity index (χ0v) is 20.5. The lowest BCUT2D eigenvalue weighted by Crippen LogP contribution is -2.47. The van der Waals surface area contributed by atoms with Gasteiger partial charge in [0.2, 0.25) is 11.8 Å². The molecule has 1 fully saturated rings. The van der Waals surface area contributed by atoms with E-state index in [9.17, 15) is 14.4 Å². The van der Waals surface area contributed by atoms with Gasteiger partial charge in [0.25, 0.3) is 5.91 Å². The fourth-order valence-electron chi connectivity index (χ4n) is 4.57. The molecule has 1 heterocycles. The highest BCUT2D eigenvalue weighted by atomic mass is 16.5. The number of rotatable bonds is 8. The number of furan rings is 1. The molecule has 1 aromatic heterocycles. The van der Waals surface area contributed by atoms with Crippen molar-refractivity contribution in [1.82, 2.24) is 5.32 Å². The molecule has 1 aliphatic carbocycles. The molecule has 0 spiro atoms. The van der Waals surface area contributed by atoms with E-state index in [2.05, 4.69) is 10.6 Å². The van der Waals surface area contributed by atoms with Crippen LogP contribution in [-0.4, -0.2) is 30.9 Å². The average molecular weight is 490 g/mol. The number of amides is 3. The van der Waals surface area contributed by atoms with Crippen molar-refractivity contribution in [2.75, 3.05) is 17.3 Å². The predicted molar refractivity (Wildman–Crippen MR) is 137 cm³/mol. The molecule has 8 nitrogen and oxygen atoms in total. The van der Waals surface area contributed by atoms with Crippen LogP contribution in [0.5, 0.6) is 5.75 Å². The Morgan fingerprint density at radius 1 is 1.00 bits per heavy atom. The second kappa shape index (κ2) is 11.6. The van der Waals surface area contributed by atoms with Gasteiger partial charge in [0.05, 0.1) is 13.4 Å². The molecule has 3 amide bonds. The summed E-state index contributed by atoms with van der Waals surface area (Å²) in [6, 6.07) is 16.2. The topological polar surface area (TPSA) is 101 Å². The molecule has 4 rings (SSSR count). The molecule has 0 aliphatic heterocycles. The van der Waals surface area contributed by atoms with Crippen LogP contribution in [0.3, 0.4) is 0 Å². The van der Waals surface area contributed by atoms with Gasteiger partial charge in [0.15, 0.2) is 5.76 Å². The van der Waals surface area contributed by atoms with Crippen molar-refractivity contribution >= 4 is 29.1 Å². The van der Waals surface area contributed by atoms with Crippen LogP contribution in [0.15, 0.2) is 71.3 Å². The van der Waals surface area contributed by atoms with E-state index in [1.807, 2.05) is 6.07 Å². The number of hydrogen-bond donors (Lipinski definition) is 2. The third kappa shape index (κ3) is 5.94. The normalized spacial score (nSPS) is 14.5. The first-order chi connectivity index (χ1) is 17.5. The summed E-state index contributed by atoms with van der Waals surface area (Å²) in [5, 5.41) is 5.91. The highest BCUT2D eigenvalue weighted by molar-refractivity contribution is 6.08. The first-order valence-electron chi connectivity index (χ1n) is 12.2. The maximum atomic E-state index is 13.9. The lowest BCUT2D eigenvalue weighted by Gasteiger charge is -2.33. The Morgan fingerprint density at radius 3 is 2.39 bits per heavy atom. The van der Waals surface area contributed by atoms with E-state index in [0.29, 0.717) is 22.7 Å². The first-order valence-corrected chi connectivity index (χ1v) is 12.2. The molecule has 1 saturated carbocycles. The lowest BCUT2D eigenvalue weighted by molar-refractivity contribution is -0.123. The Labute approximate surface area is 210 Å². The quantitative estimate of drug-likeness (QED) is 0.459. The maximum Gasteiger partial charge on any atom is 0.294 e. The molecule has 188 valence electrons. The van der Waals surface area contributed by atoms with Crippen molar-refractivity contribution in [2.45, 2.75) is 51.1 Å². The van der Waals surface area contributed by atoms with Crippen LogP contribution in [0, 0.1) is 0 Å². The molecule has 36 heavy (non-hydrogen) atoms. The SMILES string of the molecule is COc1cccc([C@H](C(=O)NC2CCCCC2)N(C(=O)c2ccco2)c2ccc(NC(C)=O)cc2)c1. The van der Waals surface area contributed by atoms with Crippen molar-refractivity contribution in [2.24, 2.45) is 0 Å². The summed E-state index contributed by atoms with van der Waals surface area (Å²) in [5.74, 6) is -0.249. The van der Waals surface area contributed by atoms with E-state index >= 15 is 0 Å². The number of anilines is 2. The Bertz CT molecular complexity index is 1180. The van der Waals surface area contributed by atoms with E-state index in [-0.39, 0.29) is 23.6 Å². The summed E-state index contributed by atoms with van der Waals surface area (Å²) in [6.07, 6.45) is 6.54. The number of hydrogen-bond acceptors (Lipinski definition) is 5. The first kappa shape index (κ1) is 25.0. The number of carbonyl (C=O) groups excluding carboxylic acids is 3. The molecule has 8 heteroatoms. The van der Waals surface area contributed by atoms with Gasteiger partial charge < -0.3 is 19.8 Å². The monoisotopic (exact) mass is 489 g/mol. The van der Waals surface area contributed by atoms with Crippen LogP contribution < -0.4 is 20.3 Å². The van der Waals surface area contributed by atoms with Gasteiger partial charge >= 0.3 is 0 Å². The predicted octanol–water partition coefficient (Wildman–Crippen LogP) is 5.08. The Morgan fingerprint density at radius 2 is 1.75 bits per heavy atom. The lowest BCUT2D eigenvalue weighted by atomic mass is 9.94. The van der Waals surface area contributed by atoms with Gasteiger partial charge in [0, 0.05) is 24.3 Å². The largest absolute Gasteiger partial charge is 0.497 e. The minimum absolute atomic E-state index is 0.0575. The molecule has 0 radical (unpaired) electrons. The molecule has 0 bridgehead atoms. The molecular weight excluding hydrogens is 458 g/mol. The zero-order chi connectivity index (χ0) is 25.5. The summed E-state index contributed by atoms with van der Waals surface area (Å²) < 4.78 is 10.8. The van der Waals surface area contributed by atoms with E-state index in [1.165, 1.54) is 18.1 Å². The number of carbonyl (C=O) groups is 3. The number of methoxy groups -OCH3 is 1. The average Bonchev–Trinajstić information content (AvgIpc) is 3.43. The van der Waals surface area contributed by atoms with Crippen molar-refractivity contribution < 1.29 is 23.5 Å². The van der Waals surface area contributed by atoms with Crippen molar-refractivity contribution in [1.29, 1.82) is 0 Å². The Balaban J connectivity index is 1.79. The molecule has 2 aromatic carbocycles. The summed E-state index contributed by atoms with van der Waals surface area (Å²) in [7, 11) is 1.56. The van der Waals surface area contributed by atoms with E-state index in [1.54, 1.807) is 61.7 Å². The maximum absolute atomic E-state index is 13.9. The molecule has 3 aromatic rings. The number of benzene rings is 2. The van der Waals surface area contributed by atoms with Crippen molar-refractivity contribution in [3.05, 3.63) is 78.3 Å². The number of nitrogens with zero attached hydrogens (tertiary/aromatic N) is 1. The van der Waals surface area contributed by atoms with Gasteiger partial charge in [-0.2, -0.15) is 0 Å². The van der Waals surface area contributed by atoms with Crippen LogP contribution in [0.2, 0.25) is 0 Å². The van der Waals surface area contributed by atoms with Crippen molar-refractivity contribution in [3.8, 4) is 5.75 Å². The molecular formula is C28H31N3O5. The Hall–Kier alpha value is -4.07. The van der Waals surface area contributed by atoms with Crippen molar-refractivity contribution in [3.63, 3.8) is 0 Å². The zero-order valence-electron chi connectivity index (χ0n) is 20.5. The van der Waals surface area contributed by atoms with E-state index in [0.717, 1.165) is 32.1 Å². The fraction of sp³-hybridized carbons (Fsp3) is 0.321. The summed E-state index contributed by atoms with van der Waals surface area (Å²) in [6.45, 7) is 1.43. The fourth-order valence-corrected chi connectivity index (χ4v) is 4.57. The third-order valence-corrected chi connectivity index (χ3v) is 6.28. The second-order valence-electron chi connectivity index (χ2n) is 8.90. The second-order valence-corrected chi connectivity index (χ2v) is 8.90. The van der Waals surface area contributed by atoms with Gasteiger partial charge in [-0.25, -0.2) is 0 Å².